The number of sulfonamides is 1. The van der Waals surface area contributed by atoms with Crippen LogP contribution < -0.4 is 5.73 Å². The Labute approximate surface area is 106 Å². The van der Waals surface area contributed by atoms with Crippen molar-refractivity contribution in [3.63, 3.8) is 0 Å². The summed E-state index contributed by atoms with van der Waals surface area (Å²) >= 11 is 1.25. The number of nitrogens with zero attached hydrogens (tertiary/aromatic N) is 1. The molecule has 2 atom stereocenters. The van der Waals surface area contributed by atoms with Crippen molar-refractivity contribution in [2.24, 2.45) is 17.6 Å². The summed E-state index contributed by atoms with van der Waals surface area (Å²) in [7, 11) is -1.66. The van der Waals surface area contributed by atoms with Gasteiger partial charge in [0.15, 0.2) is 0 Å². The fourth-order valence-corrected chi connectivity index (χ4v) is 4.49. The highest BCUT2D eigenvalue weighted by Gasteiger charge is 2.36. The van der Waals surface area contributed by atoms with Gasteiger partial charge in [0.05, 0.1) is 0 Å². The first-order chi connectivity index (χ1) is 7.95. The molecule has 6 heteroatoms. The van der Waals surface area contributed by atoms with E-state index in [0.29, 0.717) is 29.1 Å². The molecule has 0 saturated heterocycles. The normalized spacial score (nSPS) is 24.2. The summed E-state index contributed by atoms with van der Waals surface area (Å²) in [5.41, 5.74) is 6.37. The van der Waals surface area contributed by atoms with Crippen LogP contribution in [-0.4, -0.2) is 26.3 Å². The first-order valence-corrected chi connectivity index (χ1v) is 8.01. The van der Waals surface area contributed by atoms with E-state index in [9.17, 15) is 8.42 Å². The van der Waals surface area contributed by atoms with Crippen molar-refractivity contribution in [1.29, 1.82) is 0 Å². The average molecular weight is 274 g/mol. The lowest BCUT2D eigenvalue weighted by Gasteiger charge is -2.15. The van der Waals surface area contributed by atoms with Crippen LogP contribution >= 0.6 is 11.3 Å². The maximum atomic E-state index is 12.2. The van der Waals surface area contributed by atoms with Gasteiger partial charge in [-0.05, 0) is 35.3 Å². The molecule has 96 valence electrons. The summed E-state index contributed by atoms with van der Waals surface area (Å²) in [6.07, 6.45) is 1.14. The lowest BCUT2D eigenvalue weighted by molar-refractivity contribution is 0.446. The van der Waals surface area contributed by atoms with Gasteiger partial charge in [0.2, 0.25) is 0 Å². The molecule has 0 bridgehead atoms. The zero-order valence-corrected chi connectivity index (χ0v) is 11.7. The molecular formula is C11H18N2O2S2. The molecule has 2 N–H and O–H groups in total. The molecule has 1 fully saturated rings. The van der Waals surface area contributed by atoms with E-state index in [2.05, 4.69) is 6.92 Å². The van der Waals surface area contributed by atoms with Gasteiger partial charge in [0, 0.05) is 20.1 Å². The quantitative estimate of drug-likeness (QED) is 0.884. The van der Waals surface area contributed by atoms with Crippen molar-refractivity contribution in [3.05, 3.63) is 17.0 Å². The third kappa shape index (κ3) is 2.70. The molecule has 1 aliphatic carbocycles. The monoisotopic (exact) mass is 274 g/mol. The van der Waals surface area contributed by atoms with E-state index in [4.69, 9.17) is 5.73 Å². The summed E-state index contributed by atoms with van der Waals surface area (Å²) in [5, 5.41) is 1.81. The van der Waals surface area contributed by atoms with E-state index in [1.807, 2.05) is 0 Å². The van der Waals surface area contributed by atoms with E-state index in [1.165, 1.54) is 15.6 Å². The molecule has 1 aromatic rings. The second-order valence-corrected chi connectivity index (χ2v) is 7.92. The molecule has 0 aliphatic heterocycles. The van der Waals surface area contributed by atoms with Crippen LogP contribution in [0.3, 0.4) is 0 Å². The fraction of sp³-hybridized carbons (Fsp3) is 0.636. The minimum absolute atomic E-state index is 0.384. The molecule has 2 unspecified atom stereocenters. The molecule has 0 radical (unpaired) electrons. The summed E-state index contributed by atoms with van der Waals surface area (Å²) in [5.74, 6) is 1.19. The van der Waals surface area contributed by atoms with Crippen molar-refractivity contribution in [1.82, 2.24) is 4.31 Å². The third-order valence-electron chi connectivity index (χ3n) is 3.30. The highest BCUT2D eigenvalue weighted by Crippen LogP contribution is 2.39. The second-order valence-electron chi connectivity index (χ2n) is 4.74. The smallest absolute Gasteiger partial charge is 0.252 e. The lowest BCUT2D eigenvalue weighted by atomic mass is 10.3. The van der Waals surface area contributed by atoms with E-state index in [-0.39, 0.29) is 0 Å². The summed E-state index contributed by atoms with van der Waals surface area (Å²) < 4.78 is 26.3. The van der Waals surface area contributed by atoms with Gasteiger partial charge in [-0.1, -0.05) is 6.92 Å². The Morgan fingerprint density at radius 3 is 2.71 bits per heavy atom. The van der Waals surface area contributed by atoms with Gasteiger partial charge >= 0.3 is 0 Å². The fourth-order valence-electron chi connectivity index (χ4n) is 1.83. The molecule has 1 aliphatic rings. The number of rotatable bonds is 5. The maximum Gasteiger partial charge on any atom is 0.252 e. The minimum Gasteiger partial charge on any atom is -0.326 e. The standard InChI is InChI=1S/C11H18N2O2S2/c1-8-3-10(8)6-13(2)17(14,15)11-4-9(5-12)7-16-11/h4,7-8,10H,3,5-6,12H2,1-2H3. The van der Waals surface area contributed by atoms with Crippen LogP contribution in [0.15, 0.2) is 15.7 Å². The minimum atomic E-state index is -3.31. The molecule has 17 heavy (non-hydrogen) atoms. The van der Waals surface area contributed by atoms with Crippen molar-refractivity contribution in [3.8, 4) is 0 Å². The highest BCUT2D eigenvalue weighted by atomic mass is 32.2. The van der Waals surface area contributed by atoms with Gasteiger partial charge in [-0.25, -0.2) is 8.42 Å². The molecule has 1 aromatic heterocycles. The Hall–Kier alpha value is -0.430. The van der Waals surface area contributed by atoms with Crippen LogP contribution in [0.25, 0.3) is 0 Å². The average Bonchev–Trinajstić information content (AvgIpc) is 2.83. The number of nitrogens with two attached hydrogens (primary N) is 1. The van der Waals surface area contributed by atoms with E-state index < -0.39 is 10.0 Å². The summed E-state index contributed by atoms with van der Waals surface area (Å²) in [6, 6.07) is 1.67. The molecular weight excluding hydrogens is 256 g/mol. The van der Waals surface area contributed by atoms with Crippen molar-refractivity contribution in [2.75, 3.05) is 13.6 Å². The van der Waals surface area contributed by atoms with Gasteiger partial charge in [-0.3, -0.25) is 0 Å². The molecule has 2 rings (SSSR count). The highest BCUT2D eigenvalue weighted by molar-refractivity contribution is 7.91. The largest absolute Gasteiger partial charge is 0.326 e. The number of hydrogen-bond acceptors (Lipinski definition) is 4. The predicted octanol–water partition coefficient (Wildman–Crippen LogP) is 1.48. The molecule has 0 aromatic carbocycles. The lowest BCUT2D eigenvalue weighted by Crippen LogP contribution is -2.28. The van der Waals surface area contributed by atoms with Gasteiger partial charge < -0.3 is 5.73 Å². The van der Waals surface area contributed by atoms with Gasteiger partial charge in [0.25, 0.3) is 10.0 Å². The van der Waals surface area contributed by atoms with Crippen LogP contribution in [-0.2, 0) is 16.6 Å². The zero-order valence-electron chi connectivity index (χ0n) is 10.1. The number of thiophene rings is 1. The van der Waals surface area contributed by atoms with Crippen molar-refractivity contribution >= 4 is 21.4 Å². The van der Waals surface area contributed by atoms with Crippen molar-refractivity contribution < 1.29 is 8.42 Å². The van der Waals surface area contributed by atoms with E-state index >= 15 is 0 Å². The zero-order chi connectivity index (χ0) is 12.6. The van der Waals surface area contributed by atoms with Gasteiger partial charge in [-0.15, -0.1) is 11.3 Å². The van der Waals surface area contributed by atoms with Gasteiger partial charge in [-0.2, -0.15) is 4.31 Å². The Morgan fingerprint density at radius 1 is 1.59 bits per heavy atom. The molecule has 4 nitrogen and oxygen atoms in total. The van der Waals surface area contributed by atoms with Crippen LogP contribution in [0, 0.1) is 11.8 Å². The van der Waals surface area contributed by atoms with Crippen LogP contribution in [0.2, 0.25) is 0 Å². The molecule has 0 amide bonds. The first kappa shape index (κ1) is 13.0. The van der Waals surface area contributed by atoms with Gasteiger partial charge in [0.1, 0.15) is 4.21 Å². The van der Waals surface area contributed by atoms with Crippen LogP contribution in [0.4, 0.5) is 0 Å². The molecule has 0 spiro atoms. The van der Waals surface area contributed by atoms with E-state index in [1.54, 1.807) is 18.5 Å². The Kier molecular flexibility index (Phi) is 3.58. The van der Waals surface area contributed by atoms with E-state index in [0.717, 1.165) is 12.0 Å². The Morgan fingerprint density at radius 2 is 2.24 bits per heavy atom. The predicted molar refractivity (Wildman–Crippen MR) is 69.3 cm³/mol. The van der Waals surface area contributed by atoms with Crippen LogP contribution in [0.5, 0.6) is 0 Å². The summed E-state index contributed by atoms with van der Waals surface area (Å²) in [6.45, 7) is 3.16. The third-order valence-corrected chi connectivity index (χ3v) is 6.59. The first-order valence-electron chi connectivity index (χ1n) is 5.69. The molecule has 1 saturated carbocycles. The Bertz CT molecular complexity index is 495. The van der Waals surface area contributed by atoms with Crippen molar-refractivity contribution in [2.45, 2.75) is 24.1 Å². The topological polar surface area (TPSA) is 63.4 Å². The summed E-state index contributed by atoms with van der Waals surface area (Å²) in [4.78, 5) is 0. The number of hydrogen-bond donors (Lipinski definition) is 1. The second kappa shape index (κ2) is 4.68. The SMILES string of the molecule is CC1CC1CN(C)S(=O)(=O)c1cc(CN)cs1. The maximum absolute atomic E-state index is 12.2. The molecule has 1 heterocycles. The van der Waals surface area contributed by atoms with Crippen LogP contribution in [0.1, 0.15) is 18.9 Å². The Balaban J connectivity index is 2.11.